The summed E-state index contributed by atoms with van der Waals surface area (Å²) in [6.07, 6.45) is 0. The van der Waals surface area contributed by atoms with Crippen LogP contribution in [0, 0.1) is 6.92 Å². The number of ether oxygens (including phenoxy) is 1. The summed E-state index contributed by atoms with van der Waals surface area (Å²) in [4.78, 5) is 33.5. The number of hydrogen-bond acceptors (Lipinski definition) is 5. The third-order valence-electron chi connectivity index (χ3n) is 4.56. The number of thiophene rings is 1. The molecule has 6 nitrogen and oxygen atoms in total. The number of benzene rings is 1. The molecule has 1 saturated heterocycles. The lowest BCUT2D eigenvalue weighted by Crippen LogP contribution is -2.43. The van der Waals surface area contributed by atoms with Gasteiger partial charge in [-0.05, 0) is 18.6 Å². The van der Waals surface area contributed by atoms with Gasteiger partial charge in [0.1, 0.15) is 17.2 Å². The summed E-state index contributed by atoms with van der Waals surface area (Å²) in [6, 6.07) is 11.8. The van der Waals surface area contributed by atoms with Crippen molar-refractivity contribution in [3.63, 3.8) is 0 Å². The summed E-state index contributed by atoms with van der Waals surface area (Å²) in [5.41, 5.74) is 0.899. The van der Waals surface area contributed by atoms with Gasteiger partial charge < -0.3 is 9.64 Å². The maximum atomic E-state index is 12.9. The molecule has 2 aromatic heterocycles. The molecule has 1 aliphatic rings. The summed E-state index contributed by atoms with van der Waals surface area (Å²) in [5, 5.41) is 0.564. The van der Waals surface area contributed by atoms with Crippen LogP contribution in [0.25, 0.3) is 20.7 Å². The monoisotopic (exact) mass is 369 g/mol. The van der Waals surface area contributed by atoms with Crippen LogP contribution in [0.4, 0.5) is 0 Å². The highest BCUT2D eigenvalue weighted by Gasteiger charge is 2.20. The molecule has 3 aromatic rings. The van der Waals surface area contributed by atoms with Crippen molar-refractivity contribution in [3.8, 4) is 10.4 Å². The molecule has 0 unspecified atom stereocenters. The van der Waals surface area contributed by atoms with Crippen molar-refractivity contribution in [1.29, 1.82) is 0 Å². The maximum absolute atomic E-state index is 12.9. The molecule has 134 valence electrons. The van der Waals surface area contributed by atoms with Gasteiger partial charge in [0.15, 0.2) is 0 Å². The number of aromatic nitrogens is 2. The zero-order valence-electron chi connectivity index (χ0n) is 14.5. The topological polar surface area (TPSA) is 64.4 Å². The zero-order chi connectivity index (χ0) is 18.1. The van der Waals surface area contributed by atoms with E-state index in [1.165, 1.54) is 15.9 Å². The Morgan fingerprint density at radius 1 is 1.23 bits per heavy atom. The third-order valence-corrected chi connectivity index (χ3v) is 5.64. The third kappa shape index (κ3) is 3.15. The number of amides is 1. The van der Waals surface area contributed by atoms with E-state index < -0.39 is 0 Å². The van der Waals surface area contributed by atoms with Crippen molar-refractivity contribution < 1.29 is 9.53 Å². The van der Waals surface area contributed by atoms with E-state index in [1.54, 1.807) is 11.8 Å². The van der Waals surface area contributed by atoms with Crippen LogP contribution in [0.3, 0.4) is 0 Å². The Balaban J connectivity index is 1.69. The van der Waals surface area contributed by atoms with Crippen molar-refractivity contribution in [1.82, 2.24) is 14.5 Å². The van der Waals surface area contributed by atoms with Gasteiger partial charge in [-0.1, -0.05) is 30.3 Å². The molecule has 26 heavy (non-hydrogen) atoms. The van der Waals surface area contributed by atoms with Crippen molar-refractivity contribution in [2.24, 2.45) is 0 Å². The summed E-state index contributed by atoms with van der Waals surface area (Å²) in [7, 11) is 0. The number of rotatable bonds is 3. The van der Waals surface area contributed by atoms with E-state index >= 15 is 0 Å². The molecule has 0 aliphatic carbocycles. The molecule has 1 aliphatic heterocycles. The first-order chi connectivity index (χ1) is 12.6. The number of nitrogens with zero attached hydrogens (tertiary/aromatic N) is 3. The fraction of sp³-hybridized carbons (Fsp3) is 0.316. The zero-order valence-corrected chi connectivity index (χ0v) is 15.3. The number of carbonyl (C=O) groups excluding carboxylic acids is 1. The van der Waals surface area contributed by atoms with Crippen LogP contribution in [-0.2, 0) is 16.1 Å². The average molecular weight is 369 g/mol. The van der Waals surface area contributed by atoms with E-state index in [4.69, 9.17) is 4.74 Å². The molecule has 4 rings (SSSR count). The van der Waals surface area contributed by atoms with E-state index in [-0.39, 0.29) is 18.0 Å². The predicted octanol–water partition coefficient (Wildman–Crippen LogP) is 2.29. The second-order valence-electron chi connectivity index (χ2n) is 6.24. The molecule has 7 heteroatoms. The molecule has 0 spiro atoms. The van der Waals surface area contributed by atoms with Crippen LogP contribution in [-0.4, -0.2) is 46.7 Å². The van der Waals surface area contributed by atoms with Crippen LogP contribution in [0.15, 0.2) is 41.2 Å². The first kappa shape index (κ1) is 16.9. The minimum absolute atomic E-state index is 0.0180. The smallest absolute Gasteiger partial charge is 0.262 e. The Kier molecular flexibility index (Phi) is 4.57. The molecule has 0 atom stereocenters. The minimum atomic E-state index is -0.160. The van der Waals surface area contributed by atoms with E-state index in [0.717, 1.165) is 10.4 Å². The molecular formula is C19H19N3O3S. The summed E-state index contributed by atoms with van der Waals surface area (Å²) in [6.45, 7) is 4.01. The minimum Gasteiger partial charge on any atom is -0.378 e. The Morgan fingerprint density at radius 2 is 1.96 bits per heavy atom. The van der Waals surface area contributed by atoms with Crippen LogP contribution in [0.1, 0.15) is 5.82 Å². The first-order valence-electron chi connectivity index (χ1n) is 8.55. The standard InChI is InChI=1S/C19H19N3O3S/c1-13-20-18-15(11-16(26-18)14-5-3-2-4-6-14)19(24)22(13)12-17(23)21-7-9-25-10-8-21/h2-6,11H,7-10,12H2,1H3. The van der Waals surface area contributed by atoms with Crippen LogP contribution >= 0.6 is 11.3 Å². The molecule has 1 fully saturated rings. The van der Waals surface area contributed by atoms with Gasteiger partial charge in [-0.15, -0.1) is 11.3 Å². The fourth-order valence-electron chi connectivity index (χ4n) is 3.10. The summed E-state index contributed by atoms with van der Waals surface area (Å²) >= 11 is 1.50. The lowest BCUT2D eigenvalue weighted by atomic mass is 10.2. The number of aryl methyl sites for hydroxylation is 1. The van der Waals surface area contributed by atoms with E-state index in [2.05, 4.69) is 4.98 Å². The molecule has 3 heterocycles. The van der Waals surface area contributed by atoms with Crippen molar-refractivity contribution >= 4 is 27.5 Å². The number of morpholine rings is 1. The van der Waals surface area contributed by atoms with Gasteiger partial charge >= 0.3 is 0 Å². The highest BCUT2D eigenvalue weighted by molar-refractivity contribution is 7.21. The Bertz CT molecular complexity index is 1000. The predicted molar refractivity (Wildman–Crippen MR) is 101 cm³/mol. The summed E-state index contributed by atoms with van der Waals surface area (Å²) in [5.74, 6) is 0.490. The van der Waals surface area contributed by atoms with Gasteiger partial charge in [-0.2, -0.15) is 0 Å². The maximum Gasteiger partial charge on any atom is 0.262 e. The quantitative estimate of drug-likeness (QED) is 0.711. The molecule has 1 aromatic carbocycles. The van der Waals surface area contributed by atoms with Crippen molar-refractivity contribution in [2.45, 2.75) is 13.5 Å². The van der Waals surface area contributed by atoms with E-state index in [1.807, 2.05) is 36.4 Å². The lowest BCUT2D eigenvalue weighted by molar-refractivity contribution is -0.136. The van der Waals surface area contributed by atoms with Gasteiger partial charge in [-0.25, -0.2) is 4.98 Å². The highest BCUT2D eigenvalue weighted by atomic mass is 32.1. The molecule has 0 bridgehead atoms. The Labute approximate surface area is 154 Å². The first-order valence-corrected chi connectivity index (χ1v) is 9.37. The largest absolute Gasteiger partial charge is 0.378 e. The van der Waals surface area contributed by atoms with Crippen LogP contribution < -0.4 is 5.56 Å². The van der Waals surface area contributed by atoms with Gasteiger partial charge in [0, 0.05) is 18.0 Å². The van der Waals surface area contributed by atoms with Crippen molar-refractivity contribution in [2.75, 3.05) is 26.3 Å². The van der Waals surface area contributed by atoms with Gasteiger partial charge in [-0.3, -0.25) is 14.2 Å². The average Bonchev–Trinajstić information content (AvgIpc) is 3.10. The van der Waals surface area contributed by atoms with Crippen LogP contribution in [0.2, 0.25) is 0 Å². The van der Waals surface area contributed by atoms with Gasteiger partial charge in [0.25, 0.3) is 5.56 Å². The molecule has 0 radical (unpaired) electrons. The number of carbonyl (C=O) groups is 1. The normalized spacial score (nSPS) is 14.7. The number of fused-ring (bicyclic) bond motifs is 1. The summed E-state index contributed by atoms with van der Waals surface area (Å²) < 4.78 is 6.75. The van der Waals surface area contributed by atoms with Gasteiger partial charge in [0.2, 0.25) is 5.91 Å². The second-order valence-corrected chi connectivity index (χ2v) is 7.27. The Morgan fingerprint density at radius 3 is 2.69 bits per heavy atom. The molecular weight excluding hydrogens is 350 g/mol. The lowest BCUT2D eigenvalue weighted by Gasteiger charge is -2.27. The van der Waals surface area contributed by atoms with Crippen LogP contribution in [0.5, 0.6) is 0 Å². The molecule has 0 saturated carbocycles. The van der Waals surface area contributed by atoms with Gasteiger partial charge in [0.05, 0.1) is 18.6 Å². The fourth-order valence-corrected chi connectivity index (χ4v) is 4.17. The van der Waals surface area contributed by atoms with E-state index in [9.17, 15) is 9.59 Å². The molecule has 1 amide bonds. The Hall–Kier alpha value is -2.51. The molecule has 0 N–H and O–H groups in total. The number of hydrogen-bond donors (Lipinski definition) is 0. The second kappa shape index (κ2) is 7.01. The highest BCUT2D eigenvalue weighted by Crippen LogP contribution is 2.30. The van der Waals surface area contributed by atoms with E-state index in [0.29, 0.717) is 42.3 Å². The SMILES string of the molecule is Cc1nc2sc(-c3ccccc3)cc2c(=O)n1CC(=O)N1CCOCC1. The van der Waals surface area contributed by atoms with Crippen molar-refractivity contribution in [3.05, 3.63) is 52.6 Å².